The molecule has 0 atom stereocenters. The fourth-order valence-corrected chi connectivity index (χ4v) is 4.30. The molecule has 21 heavy (non-hydrogen) atoms. The van der Waals surface area contributed by atoms with Crippen LogP contribution >= 0.6 is 0 Å². The zero-order chi connectivity index (χ0) is 15.7. The second kappa shape index (κ2) is 5.94. The zero-order valence-corrected chi connectivity index (χ0v) is 13.5. The number of nitrogen functional groups attached to an aromatic ring is 1. The Labute approximate surface area is 126 Å². The predicted molar refractivity (Wildman–Crippen MR) is 83.6 cm³/mol. The molecule has 1 saturated carbocycles. The number of nitrogens with two attached hydrogens (primary N) is 1. The highest BCUT2D eigenvalue weighted by atomic mass is 32.2. The van der Waals surface area contributed by atoms with Crippen molar-refractivity contribution in [1.29, 1.82) is 0 Å². The van der Waals surface area contributed by atoms with Crippen molar-refractivity contribution in [1.82, 2.24) is 4.72 Å². The normalized spacial score (nSPS) is 18.6. The monoisotopic (exact) mass is 312 g/mol. The van der Waals surface area contributed by atoms with E-state index in [1.165, 1.54) is 0 Å². The third kappa shape index (κ3) is 3.75. The van der Waals surface area contributed by atoms with Gasteiger partial charge in [-0.15, -0.1) is 0 Å². The fourth-order valence-electron chi connectivity index (χ4n) is 2.83. The van der Waals surface area contributed by atoms with E-state index in [0.29, 0.717) is 24.1 Å². The summed E-state index contributed by atoms with van der Waals surface area (Å²) < 4.78 is 27.5. The first kappa shape index (κ1) is 16.3. The molecule has 1 aliphatic carbocycles. The van der Waals surface area contributed by atoms with E-state index in [0.717, 1.165) is 24.8 Å². The molecule has 0 saturated heterocycles. The van der Waals surface area contributed by atoms with Crippen molar-refractivity contribution in [2.75, 3.05) is 12.3 Å². The first-order valence-electron chi connectivity index (χ1n) is 7.32. The summed E-state index contributed by atoms with van der Waals surface area (Å²) in [6.07, 6.45) is 4.26. The van der Waals surface area contributed by atoms with Crippen molar-refractivity contribution in [2.45, 2.75) is 56.4 Å². The van der Waals surface area contributed by atoms with Crippen molar-refractivity contribution in [3.05, 3.63) is 23.3 Å². The van der Waals surface area contributed by atoms with Gasteiger partial charge in [0.1, 0.15) is 0 Å². The minimum absolute atomic E-state index is 0.0582. The molecule has 5 nitrogen and oxygen atoms in total. The average Bonchev–Trinajstić information content (AvgIpc) is 2.42. The summed E-state index contributed by atoms with van der Waals surface area (Å²) in [5.74, 6) is 0. The van der Waals surface area contributed by atoms with Gasteiger partial charge in [-0.05, 0) is 49.9 Å². The quantitative estimate of drug-likeness (QED) is 0.740. The lowest BCUT2D eigenvalue weighted by molar-refractivity contribution is 0.00945. The smallest absolute Gasteiger partial charge is 0.241 e. The largest absolute Gasteiger partial charge is 0.398 e. The molecular weight excluding hydrogens is 288 g/mol. The topological polar surface area (TPSA) is 92.4 Å². The molecule has 1 fully saturated rings. The van der Waals surface area contributed by atoms with Gasteiger partial charge in [0.2, 0.25) is 10.0 Å². The molecule has 0 radical (unpaired) electrons. The van der Waals surface area contributed by atoms with Crippen molar-refractivity contribution in [3.8, 4) is 0 Å². The second-order valence-corrected chi connectivity index (χ2v) is 7.82. The maximum Gasteiger partial charge on any atom is 0.241 e. The van der Waals surface area contributed by atoms with E-state index in [9.17, 15) is 13.5 Å². The Morgan fingerprint density at radius 1 is 1.24 bits per heavy atom. The molecule has 1 aromatic carbocycles. The van der Waals surface area contributed by atoms with Crippen LogP contribution in [0.15, 0.2) is 17.0 Å². The number of aliphatic hydroxyl groups is 1. The molecule has 0 aliphatic heterocycles. The van der Waals surface area contributed by atoms with E-state index in [4.69, 9.17) is 5.73 Å². The van der Waals surface area contributed by atoms with Crippen LogP contribution in [0.5, 0.6) is 0 Å². The van der Waals surface area contributed by atoms with Crippen molar-refractivity contribution < 1.29 is 13.5 Å². The molecule has 0 heterocycles. The van der Waals surface area contributed by atoms with Gasteiger partial charge in [0.25, 0.3) is 0 Å². The summed E-state index contributed by atoms with van der Waals surface area (Å²) in [5.41, 5.74) is 6.73. The van der Waals surface area contributed by atoms with Crippen molar-refractivity contribution in [3.63, 3.8) is 0 Å². The Hall–Kier alpha value is -1.11. The zero-order valence-electron chi connectivity index (χ0n) is 12.6. The highest BCUT2D eigenvalue weighted by Gasteiger charge is 2.31. The lowest BCUT2D eigenvalue weighted by Crippen LogP contribution is -2.44. The lowest BCUT2D eigenvalue weighted by atomic mass is 9.85. The summed E-state index contributed by atoms with van der Waals surface area (Å²) in [4.78, 5) is 0.194. The molecule has 0 unspecified atom stereocenters. The number of sulfonamides is 1. The Kier molecular flexibility index (Phi) is 4.60. The number of anilines is 1. The average molecular weight is 312 g/mol. The van der Waals surface area contributed by atoms with Crippen LogP contribution in [0, 0.1) is 13.8 Å². The van der Waals surface area contributed by atoms with Gasteiger partial charge in [-0.3, -0.25) is 0 Å². The summed E-state index contributed by atoms with van der Waals surface area (Å²) in [5, 5.41) is 10.4. The van der Waals surface area contributed by atoms with Gasteiger partial charge in [0.05, 0.1) is 10.5 Å². The minimum Gasteiger partial charge on any atom is -0.398 e. The third-order valence-electron chi connectivity index (χ3n) is 4.21. The summed E-state index contributed by atoms with van der Waals surface area (Å²) in [7, 11) is -3.66. The van der Waals surface area contributed by atoms with Gasteiger partial charge in [0, 0.05) is 12.2 Å². The molecule has 0 bridgehead atoms. The number of benzene rings is 1. The van der Waals surface area contributed by atoms with E-state index in [-0.39, 0.29) is 11.4 Å². The molecule has 1 aliphatic rings. The summed E-state index contributed by atoms with van der Waals surface area (Å²) >= 11 is 0. The Balaban J connectivity index is 2.19. The second-order valence-electron chi connectivity index (χ2n) is 6.09. The van der Waals surface area contributed by atoms with Crippen LogP contribution in [-0.4, -0.2) is 25.7 Å². The SMILES string of the molecule is Cc1cc(N)c(C)c(S(=O)(=O)NCC2(O)CCCCC2)c1. The van der Waals surface area contributed by atoms with E-state index >= 15 is 0 Å². The number of hydrogen-bond donors (Lipinski definition) is 3. The standard InChI is InChI=1S/C15H24N2O3S/c1-11-8-13(16)12(2)14(9-11)21(19,20)17-10-15(18)6-4-3-5-7-15/h8-9,17-18H,3-7,10,16H2,1-2H3. The van der Waals surface area contributed by atoms with E-state index in [1.807, 2.05) is 6.92 Å². The molecule has 6 heteroatoms. The first-order valence-corrected chi connectivity index (χ1v) is 8.81. The van der Waals surface area contributed by atoms with E-state index in [1.54, 1.807) is 19.1 Å². The van der Waals surface area contributed by atoms with Gasteiger partial charge < -0.3 is 10.8 Å². The fraction of sp³-hybridized carbons (Fsp3) is 0.600. The van der Waals surface area contributed by atoms with E-state index < -0.39 is 15.6 Å². The molecular formula is C15H24N2O3S. The number of hydrogen-bond acceptors (Lipinski definition) is 4. The molecule has 1 aromatic rings. The van der Waals surface area contributed by atoms with Crippen molar-refractivity contribution >= 4 is 15.7 Å². The van der Waals surface area contributed by atoms with Crippen LogP contribution in [0.2, 0.25) is 0 Å². The van der Waals surface area contributed by atoms with Gasteiger partial charge in [-0.25, -0.2) is 13.1 Å². The molecule has 4 N–H and O–H groups in total. The van der Waals surface area contributed by atoms with Crippen molar-refractivity contribution in [2.24, 2.45) is 0 Å². The number of nitrogens with one attached hydrogen (secondary N) is 1. The molecule has 2 rings (SSSR count). The number of aryl methyl sites for hydroxylation is 1. The molecule has 0 aromatic heterocycles. The van der Waals surface area contributed by atoms with Gasteiger partial charge >= 0.3 is 0 Å². The van der Waals surface area contributed by atoms with Crippen LogP contribution in [-0.2, 0) is 10.0 Å². The first-order chi connectivity index (χ1) is 9.73. The van der Waals surface area contributed by atoms with Crippen LogP contribution in [0.25, 0.3) is 0 Å². The highest BCUT2D eigenvalue weighted by molar-refractivity contribution is 7.89. The number of rotatable bonds is 4. The van der Waals surface area contributed by atoms with Crippen LogP contribution in [0.3, 0.4) is 0 Å². The van der Waals surface area contributed by atoms with Gasteiger partial charge in [-0.2, -0.15) is 0 Å². The molecule has 118 valence electrons. The Morgan fingerprint density at radius 2 is 1.86 bits per heavy atom. The van der Waals surface area contributed by atoms with Crippen LogP contribution in [0.4, 0.5) is 5.69 Å². The van der Waals surface area contributed by atoms with Crippen LogP contribution < -0.4 is 10.5 Å². The van der Waals surface area contributed by atoms with Gasteiger partial charge in [-0.1, -0.05) is 19.3 Å². The lowest BCUT2D eigenvalue weighted by Gasteiger charge is -2.32. The van der Waals surface area contributed by atoms with Gasteiger partial charge in [0.15, 0.2) is 0 Å². The Bertz CT molecular complexity index is 620. The maximum absolute atomic E-state index is 12.5. The van der Waals surface area contributed by atoms with Crippen LogP contribution in [0.1, 0.15) is 43.2 Å². The highest BCUT2D eigenvalue weighted by Crippen LogP contribution is 2.28. The summed E-state index contributed by atoms with van der Waals surface area (Å²) in [6, 6.07) is 3.36. The predicted octanol–water partition coefficient (Wildman–Crippen LogP) is 1.86. The van der Waals surface area contributed by atoms with E-state index in [2.05, 4.69) is 4.72 Å². The molecule has 0 amide bonds. The third-order valence-corrected chi connectivity index (χ3v) is 5.74. The Morgan fingerprint density at radius 3 is 2.48 bits per heavy atom. The summed E-state index contributed by atoms with van der Waals surface area (Å²) in [6.45, 7) is 3.56. The minimum atomic E-state index is -3.66. The molecule has 0 spiro atoms. The maximum atomic E-state index is 12.5.